The van der Waals surface area contributed by atoms with Gasteiger partial charge in [0.25, 0.3) is 0 Å². The van der Waals surface area contributed by atoms with Crippen LogP contribution in [0.25, 0.3) is 10.2 Å². The number of hydrogen-bond donors (Lipinski definition) is 3. The van der Waals surface area contributed by atoms with Crippen LogP contribution < -0.4 is 10.6 Å². The lowest BCUT2D eigenvalue weighted by atomic mass is 10.2. The minimum atomic E-state index is -4.11. The van der Waals surface area contributed by atoms with Gasteiger partial charge in [-0.15, -0.1) is 11.3 Å². The summed E-state index contributed by atoms with van der Waals surface area (Å²) in [6.45, 7) is -0.578. The van der Waals surface area contributed by atoms with Gasteiger partial charge in [0, 0.05) is 13.2 Å². The number of thiazole rings is 1. The van der Waals surface area contributed by atoms with Crippen molar-refractivity contribution in [2.75, 3.05) is 26.0 Å². The van der Waals surface area contributed by atoms with Crippen LogP contribution in [0, 0.1) is 5.82 Å². The van der Waals surface area contributed by atoms with Crippen LogP contribution in [-0.4, -0.2) is 68.3 Å². The second-order valence-corrected chi connectivity index (χ2v) is 10.2. The van der Waals surface area contributed by atoms with Crippen molar-refractivity contribution in [2.45, 2.75) is 24.1 Å². The van der Waals surface area contributed by atoms with Crippen molar-refractivity contribution >= 4 is 49.2 Å². The predicted molar refractivity (Wildman–Crippen MR) is 109 cm³/mol. The topological polar surface area (TPSA) is 152 Å². The first-order valence-corrected chi connectivity index (χ1v) is 11.8. The largest absolute Gasteiger partial charge is 0.478 e. The molecule has 168 valence electrons. The summed E-state index contributed by atoms with van der Waals surface area (Å²) in [6, 6.07) is 1.99. The van der Waals surface area contributed by atoms with E-state index < -0.39 is 56.5 Å². The zero-order chi connectivity index (χ0) is 22.8. The minimum absolute atomic E-state index is 0.0463. The molecule has 1 saturated carbocycles. The Morgan fingerprint density at radius 3 is 2.68 bits per heavy atom. The van der Waals surface area contributed by atoms with Crippen LogP contribution in [0.2, 0.25) is 0 Å². The maximum Gasteiger partial charge on any atom is 0.338 e. The summed E-state index contributed by atoms with van der Waals surface area (Å²) in [5.74, 6) is -4.39. The normalized spacial score (nSPS) is 14.9. The van der Waals surface area contributed by atoms with Gasteiger partial charge in [-0.2, -0.15) is 0 Å². The van der Waals surface area contributed by atoms with Crippen molar-refractivity contribution < 1.29 is 37.0 Å². The highest BCUT2D eigenvalue weighted by atomic mass is 32.2. The predicted octanol–water partition coefficient (Wildman–Crippen LogP) is 0.631. The maximum absolute atomic E-state index is 14.0. The van der Waals surface area contributed by atoms with Gasteiger partial charge in [0.15, 0.2) is 15.1 Å². The first kappa shape index (κ1) is 23.0. The molecule has 0 saturated heterocycles. The molecule has 1 aromatic carbocycles. The third kappa shape index (κ3) is 5.54. The van der Waals surface area contributed by atoms with E-state index in [1.807, 2.05) is 0 Å². The molecule has 0 aliphatic heterocycles. The molecule has 31 heavy (non-hydrogen) atoms. The molecule has 13 heteroatoms. The number of methoxy groups -OCH3 is 1. The van der Waals surface area contributed by atoms with Crippen LogP contribution in [0.3, 0.4) is 0 Å². The van der Waals surface area contributed by atoms with Crippen molar-refractivity contribution in [2.24, 2.45) is 0 Å². The molecule has 1 aliphatic carbocycles. The summed E-state index contributed by atoms with van der Waals surface area (Å²) in [7, 11) is -2.80. The van der Waals surface area contributed by atoms with Gasteiger partial charge in [-0.05, 0) is 25.0 Å². The maximum atomic E-state index is 14.0. The molecule has 1 aromatic heterocycles. The molecule has 1 heterocycles. The standard InChI is InChI=1S/C18H20FN3O7S2/c1-29-4-5-31(27,28)15(16(24)20-8-14(23)21-9-2-3-9)17-22-12-6-10(18(25)26)11(19)7-13(12)30-17/h6-7,9,15H,2-5,8H2,1H3,(H,20,24)(H,21,23)(H,25,26). The van der Waals surface area contributed by atoms with E-state index in [9.17, 15) is 27.2 Å². The summed E-state index contributed by atoms with van der Waals surface area (Å²) in [6.07, 6.45) is 1.71. The Balaban J connectivity index is 1.92. The van der Waals surface area contributed by atoms with Crippen molar-refractivity contribution in [3.63, 3.8) is 0 Å². The number of rotatable bonds is 10. The molecular weight excluding hydrogens is 453 g/mol. The van der Waals surface area contributed by atoms with Crippen LogP contribution >= 0.6 is 11.3 Å². The Bertz CT molecular complexity index is 1130. The average molecular weight is 474 g/mol. The van der Waals surface area contributed by atoms with Crippen molar-refractivity contribution in [3.8, 4) is 0 Å². The Morgan fingerprint density at radius 2 is 2.06 bits per heavy atom. The minimum Gasteiger partial charge on any atom is -0.478 e. The fourth-order valence-corrected chi connectivity index (χ4v) is 5.70. The number of ether oxygens (including phenoxy) is 1. The fourth-order valence-electron chi connectivity index (χ4n) is 2.76. The lowest BCUT2D eigenvalue weighted by Crippen LogP contribution is -2.42. The number of carbonyl (C=O) groups excluding carboxylic acids is 2. The third-order valence-corrected chi connectivity index (χ3v) is 7.61. The number of aromatic nitrogens is 1. The van der Waals surface area contributed by atoms with Gasteiger partial charge < -0.3 is 20.5 Å². The molecule has 0 radical (unpaired) electrons. The molecule has 0 spiro atoms. The first-order valence-electron chi connectivity index (χ1n) is 9.23. The molecule has 0 bridgehead atoms. The van der Waals surface area contributed by atoms with Crippen LogP contribution in [0.1, 0.15) is 33.5 Å². The number of fused-ring (bicyclic) bond motifs is 1. The molecule has 1 aliphatic rings. The highest BCUT2D eigenvalue weighted by Gasteiger charge is 2.37. The van der Waals surface area contributed by atoms with E-state index in [0.717, 1.165) is 36.3 Å². The number of benzene rings is 1. The molecule has 1 atom stereocenters. The first-order chi connectivity index (χ1) is 14.6. The van der Waals surface area contributed by atoms with Gasteiger partial charge in [-0.1, -0.05) is 0 Å². The number of halogens is 1. The highest BCUT2D eigenvalue weighted by Crippen LogP contribution is 2.33. The Morgan fingerprint density at radius 1 is 1.35 bits per heavy atom. The molecule has 2 aromatic rings. The van der Waals surface area contributed by atoms with E-state index in [0.29, 0.717) is 0 Å². The summed E-state index contributed by atoms with van der Waals surface area (Å²) >= 11 is 0.758. The Hall–Kier alpha value is -2.64. The number of amides is 2. The molecule has 3 N–H and O–H groups in total. The number of nitrogens with one attached hydrogen (secondary N) is 2. The molecule has 10 nitrogen and oxygen atoms in total. The van der Waals surface area contributed by atoms with Crippen LogP contribution in [0.15, 0.2) is 12.1 Å². The fraction of sp³-hybridized carbons (Fsp3) is 0.444. The Kier molecular flexibility index (Phi) is 6.86. The summed E-state index contributed by atoms with van der Waals surface area (Å²) in [5.41, 5.74) is -0.575. The van der Waals surface area contributed by atoms with Gasteiger partial charge in [0.1, 0.15) is 10.8 Å². The van der Waals surface area contributed by atoms with Crippen LogP contribution in [0.4, 0.5) is 4.39 Å². The van der Waals surface area contributed by atoms with Gasteiger partial charge in [-0.25, -0.2) is 22.6 Å². The summed E-state index contributed by atoms with van der Waals surface area (Å²) in [5, 5.41) is 12.1. The lowest BCUT2D eigenvalue weighted by Gasteiger charge is -2.15. The van der Waals surface area contributed by atoms with E-state index >= 15 is 0 Å². The highest BCUT2D eigenvalue weighted by molar-refractivity contribution is 7.92. The van der Waals surface area contributed by atoms with Gasteiger partial charge in [0.2, 0.25) is 11.8 Å². The van der Waals surface area contributed by atoms with Gasteiger partial charge >= 0.3 is 5.97 Å². The zero-order valence-electron chi connectivity index (χ0n) is 16.4. The van der Waals surface area contributed by atoms with E-state index in [1.54, 1.807) is 0 Å². The second kappa shape index (κ2) is 9.24. The number of carboxylic acid groups (broad SMARTS) is 1. The number of carboxylic acids is 1. The van der Waals surface area contributed by atoms with Crippen molar-refractivity contribution in [3.05, 3.63) is 28.5 Å². The lowest BCUT2D eigenvalue weighted by molar-refractivity contribution is -0.126. The average Bonchev–Trinajstić information content (AvgIpc) is 3.41. The van der Waals surface area contributed by atoms with Crippen LogP contribution in [-0.2, 0) is 24.2 Å². The molecule has 1 fully saturated rings. The summed E-state index contributed by atoms with van der Waals surface area (Å²) in [4.78, 5) is 39.8. The number of carbonyl (C=O) groups is 3. The smallest absolute Gasteiger partial charge is 0.338 e. The van der Waals surface area contributed by atoms with Crippen molar-refractivity contribution in [1.82, 2.24) is 15.6 Å². The zero-order valence-corrected chi connectivity index (χ0v) is 18.0. The van der Waals surface area contributed by atoms with E-state index in [4.69, 9.17) is 9.84 Å². The van der Waals surface area contributed by atoms with Gasteiger partial charge in [0.05, 0.1) is 34.7 Å². The van der Waals surface area contributed by atoms with Gasteiger partial charge in [-0.3, -0.25) is 9.59 Å². The van der Waals surface area contributed by atoms with Crippen LogP contribution in [0.5, 0.6) is 0 Å². The Labute approximate surface area is 180 Å². The molecule has 2 amide bonds. The number of hydrogen-bond acceptors (Lipinski definition) is 8. The third-order valence-electron chi connectivity index (χ3n) is 4.48. The monoisotopic (exact) mass is 473 g/mol. The number of nitrogens with zero attached hydrogens (tertiary/aromatic N) is 1. The number of sulfone groups is 1. The van der Waals surface area contributed by atoms with E-state index in [-0.39, 0.29) is 27.9 Å². The van der Waals surface area contributed by atoms with E-state index in [1.165, 1.54) is 7.11 Å². The molecular formula is C18H20FN3O7S2. The summed E-state index contributed by atoms with van der Waals surface area (Å²) < 4.78 is 44.7. The van der Waals surface area contributed by atoms with Crippen molar-refractivity contribution in [1.29, 1.82) is 0 Å². The van der Waals surface area contributed by atoms with E-state index in [2.05, 4.69) is 15.6 Å². The quantitative estimate of drug-likeness (QED) is 0.454. The second-order valence-electron chi connectivity index (χ2n) is 6.96. The number of aromatic carboxylic acids is 1. The SMILES string of the molecule is COCCS(=O)(=O)C(C(=O)NCC(=O)NC1CC1)c1nc2cc(C(=O)O)c(F)cc2s1. The molecule has 3 rings (SSSR count). The molecule has 1 unspecified atom stereocenters.